The summed E-state index contributed by atoms with van der Waals surface area (Å²) in [6.07, 6.45) is -2.91. The molecule has 0 radical (unpaired) electrons. The van der Waals surface area contributed by atoms with Crippen molar-refractivity contribution in [2.75, 3.05) is 6.61 Å². The molecule has 5 heteroatoms. The first-order valence-corrected chi connectivity index (χ1v) is 4.20. The summed E-state index contributed by atoms with van der Waals surface area (Å²) in [5.41, 5.74) is 1.57. The van der Waals surface area contributed by atoms with E-state index < -0.39 is 12.8 Å². The molecule has 15 heavy (non-hydrogen) atoms. The Morgan fingerprint density at radius 3 is 2.53 bits per heavy atom. The van der Waals surface area contributed by atoms with Crippen molar-refractivity contribution in [2.24, 2.45) is 0 Å². The molecule has 0 aliphatic carbocycles. The Labute approximate surface area is 85.4 Å². The molecule has 0 bridgehead atoms. The molecule has 1 aromatic heterocycles. The van der Waals surface area contributed by atoms with E-state index in [1.807, 2.05) is 0 Å². The molecule has 82 valence electrons. The third-order valence-corrected chi connectivity index (χ3v) is 1.61. The summed E-state index contributed by atoms with van der Waals surface area (Å²) in [4.78, 5) is 3.72. The third-order valence-electron chi connectivity index (χ3n) is 1.61. The van der Waals surface area contributed by atoms with Crippen LogP contribution in [-0.2, 0) is 0 Å². The van der Waals surface area contributed by atoms with Crippen LogP contribution in [0.5, 0.6) is 5.88 Å². The van der Waals surface area contributed by atoms with E-state index in [-0.39, 0.29) is 5.88 Å². The summed E-state index contributed by atoms with van der Waals surface area (Å²) in [5.74, 6) is -0.0441. The Balaban J connectivity index is 2.61. The summed E-state index contributed by atoms with van der Waals surface area (Å²) in [7, 11) is 0. The second-order valence-electron chi connectivity index (χ2n) is 3.07. The zero-order chi connectivity index (χ0) is 11.5. The van der Waals surface area contributed by atoms with Gasteiger partial charge in [0.2, 0.25) is 5.88 Å². The molecule has 0 spiro atoms. The fourth-order valence-corrected chi connectivity index (χ4v) is 0.874. The SMILES string of the molecule is C=C(C)c1ccc(OCC(F)(F)F)nc1. The molecule has 0 fully saturated rings. The van der Waals surface area contributed by atoms with Crippen molar-refractivity contribution in [3.05, 3.63) is 30.5 Å². The third kappa shape index (κ3) is 4.01. The van der Waals surface area contributed by atoms with Gasteiger partial charge >= 0.3 is 6.18 Å². The number of rotatable bonds is 3. The topological polar surface area (TPSA) is 22.1 Å². The Hall–Kier alpha value is -1.52. The maximum absolute atomic E-state index is 11.8. The molecule has 0 aromatic carbocycles. The van der Waals surface area contributed by atoms with Crippen molar-refractivity contribution in [3.63, 3.8) is 0 Å². The van der Waals surface area contributed by atoms with Crippen LogP contribution in [0, 0.1) is 0 Å². The molecular weight excluding hydrogens is 207 g/mol. The molecular formula is C10H10F3NO. The lowest BCUT2D eigenvalue weighted by Gasteiger charge is -2.08. The highest BCUT2D eigenvalue weighted by Gasteiger charge is 2.28. The van der Waals surface area contributed by atoms with Gasteiger partial charge in [0.05, 0.1) is 0 Å². The molecule has 1 aromatic rings. The first-order valence-electron chi connectivity index (χ1n) is 4.20. The van der Waals surface area contributed by atoms with Crippen molar-refractivity contribution in [1.82, 2.24) is 4.98 Å². The number of nitrogens with zero attached hydrogens (tertiary/aromatic N) is 1. The van der Waals surface area contributed by atoms with Crippen molar-refractivity contribution >= 4 is 5.57 Å². The number of alkyl halides is 3. The van der Waals surface area contributed by atoms with Gasteiger partial charge in [0.15, 0.2) is 6.61 Å². The van der Waals surface area contributed by atoms with Gasteiger partial charge < -0.3 is 4.74 Å². The monoisotopic (exact) mass is 217 g/mol. The number of hydrogen-bond acceptors (Lipinski definition) is 2. The van der Waals surface area contributed by atoms with Crippen LogP contribution >= 0.6 is 0 Å². The Morgan fingerprint density at radius 1 is 1.47 bits per heavy atom. The molecule has 0 aliphatic heterocycles. The minimum atomic E-state index is -4.34. The highest BCUT2D eigenvalue weighted by molar-refractivity contribution is 5.60. The lowest BCUT2D eigenvalue weighted by atomic mass is 10.2. The average molecular weight is 217 g/mol. The molecule has 1 heterocycles. The molecule has 0 atom stereocenters. The molecule has 1 rings (SSSR count). The first-order chi connectivity index (χ1) is 6.88. The van der Waals surface area contributed by atoms with E-state index in [9.17, 15) is 13.2 Å². The van der Waals surface area contributed by atoms with Crippen molar-refractivity contribution < 1.29 is 17.9 Å². The number of hydrogen-bond donors (Lipinski definition) is 0. The predicted molar refractivity (Wildman–Crippen MR) is 50.5 cm³/mol. The van der Waals surface area contributed by atoms with Crippen LogP contribution in [0.25, 0.3) is 5.57 Å². The van der Waals surface area contributed by atoms with Crippen LogP contribution in [0.1, 0.15) is 12.5 Å². The van der Waals surface area contributed by atoms with Gasteiger partial charge in [-0.25, -0.2) is 4.98 Å². The highest BCUT2D eigenvalue weighted by Crippen LogP contribution is 2.18. The summed E-state index contributed by atoms with van der Waals surface area (Å²) in [6.45, 7) is 4.14. The minimum absolute atomic E-state index is 0.0441. The fourth-order valence-electron chi connectivity index (χ4n) is 0.874. The van der Waals surface area contributed by atoms with Gasteiger partial charge in [0, 0.05) is 12.3 Å². The maximum Gasteiger partial charge on any atom is 0.422 e. The zero-order valence-corrected chi connectivity index (χ0v) is 8.14. The molecule has 0 N–H and O–H groups in total. The average Bonchev–Trinajstić information content (AvgIpc) is 2.14. The van der Waals surface area contributed by atoms with Crippen LogP contribution < -0.4 is 4.74 Å². The van der Waals surface area contributed by atoms with E-state index in [4.69, 9.17) is 0 Å². The van der Waals surface area contributed by atoms with Gasteiger partial charge in [-0.1, -0.05) is 6.58 Å². The summed E-state index contributed by atoms with van der Waals surface area (Å²) >= 11 is 0. The molecule has 0 saturated heterocycles. The maximum atomic E-state index is 11.8. The number of allylic oxidation sites excluding steroid dienone is 1. The van der Waals surface area contributed by atoms with Gasteiger partial charge in [0.1, 0.15) is 0 Å². The molecule has 2 nitrogen and oxygen atoms in total. The molecule has 0 unspecified atom stereocenters. The van der Waals surface area contributed by atoms with Gasteiger partial charge in [-0.15, -0.1) is 0 Å². The molecule has 0 amide bonds. The number of halogens is 3. The van der Waals surface area contributed by atoms with Crippen molar-refractivity contribution in [3.8, 4) is 5.88 Å². The van der Waals surface area contributed by atoms with Crippen LogP contribution in [0.3, 0.4) is 0 Å². The van der Waals surface area contributed by atoms with Crippen molar-refractivity contribution in [2.45, 2.75) is 13.1 Å². The minimum Gasteiger partial charge on any atom is -0.468 e. The number of aromatic nitrogens is 1. The van der Waals surface area contributed by atoms with E-state index in [1.165, 1.54) is 12.3 Å². The predicted octanol–water partition coefficient (Wildman–Crippen LogP) is 3.06. The largest absolute Gasteiger partial charge is 0.468 e. The Bertz CT molecular complexity index is 343. The van der Waals surface area contributed by atoms with Gasteiger partial charge in [-0.2, -0.15) is 13.2 Å². The van der Waals surface area contributed by atoms with Gasteiger partial charge in [-0.3, -0.25) is 0 Å². The van der Waals surface area contributed by atoms with Crippen LogP contribution in [0.2, 0.25) is 0 Å². The summed E-state index contributed by atoms with van der Waals surface area (Å²) < 4.78 is 39.8. The van der Waals surface area contributed by atoms with Gasteiger partial charge in [-0.05, 0) is 24.1 Å². The standard InChI is InChI=1S/C10H10F3NO/c1-7(2)8-3-4-9(14-5-8)15-6-10(11,12)13/h3-5H,1,6H2,2H3. The highest BCUT2D eigenvalue weighted by atomic mass is 19.4. The lowest BCUT2D eigenvalue weighted by molar-refractivity contribution is -0.154. The van der Waals surface area contributed by atoms with Crippen LogP contribution in [0.4, 0.5) is 13.2 Å². The Morgan fingerprint density at radius 2 is 2.13 bits per heavy atom. The Kier molecular flexibility index (Phi) is 3.34. The fraction of sp³-hybridized carbons (Fsp3) is 0.300. The van der Waals surface area contributed by atoms with E-state index >= 15 is 0 Å². The summed E-state index contributed by atoms with van der Waals surface area (Å²) in [6, 6.07) is 3.00. The quantitative estimate of drug-likeness (QED) is 0.776. The lowest BCUT2D eigenvalue weighted by Crippen LogP contribution is -2.19. The second-order valence-corrected chi connectivity index (χ2v) is 3.07. The normalized spacial score (nSPS) is 11.2. The van der Waals surface area contributed by atoms with E-state index in [0.29, 0.717) is 0 Å². The first kappa shape index (κ1) is 11.6. The van der Waals surface area contributed by atoms with Crippen LogP contribution in [0.15, 0.2) is 24.9 Å². The smallest absolute Gasteiger partial charge is 0.422 e. The van der Waals surface area contributed by atoms with Gasteiger partial charge in [0.25, 0.3) is 0 Å². The van der Waals surface area contributed by atoms with Crippen molar-refractivity contribution in [1.29, 1.82) is 0 Å². The number of ether oxygens (including phenoxy) is 1. The zero-order valence-electron chi connectivity index (χ0n) is 8.14. The van der Waals surface area contributed by atoms with E-state index in [2.05, 4.69) is 16.3 Å². The van der Waals surface area contributed by atoms with E-state index in [0.717, 1.165) is 11.1 Å². The molecule has 0 aliphatic rings. The van der Waals surface area contributed by atoms with E-state index in [1.54, 1.807) is 13.0 Å². The molecule has 0 saturated carbocycles. The second kappa shape index (κ2) is 4.33. The number of pyridine rings is 1. The summed E-state index contributed by atoms with van der Waals surface area (Å²) in [5, 5.41) is 0. The van der Waals surface area contributed by atoms with Crippen LogP contribution in [-0.4, -0.2) is 17.8 Å².